The number of hydrogen-bond acceptors (Lipinski definition) is 2. The average molecular weight is 232 g/mol. The van der Waals surface area contributed by atoms with E-state index in [2.05, 4.69) is 17.4 Å². The number of hydrogen-bond donors (Lipinski definition) is 2. The van der Waals surface area contributed by atoms with Crippen LogP contribution in [0.4, 0.5) is 0 Å². The molecule has 0 aromatic heterocycles. The van der Waals surface area contributed by atoms with E-state index < -0.39 is 0 Å². The maximum Gasteiger partial charge on any atom is 0.220 e. The molecular formula is C14H20N2O. The third-order valence-electron chi connectivity index (χ3n) is 3.23. The Balaban J connectivity index is 2.00. The van der Waals surface area contributed by atoms with Crippen LogP contribution in [0.1, 0.15) is 37.4 Å². The number of carbonyl (C=O) groups is 1. The second kappa shape index (κ2) is 4.88. The van der Waals surface area contributed by atoms with Crippen LogP contribution in [-0.4, -0.2) is 11.9 Å². The Morgan fingerprint density at radius 1 is 1.47 bits per heavy atom. The van der Waals surface area contributed by atoms with Gasteiger partial charge in [0.25, 0.3) is 0 Å². The Labute approximate surface area is 102 Å². The second-order valence-electron chi connectivity index (χ2n) is 5.20. The second-order valence-corrected chi connectivity index (χ2v) is 5.20. The number of carbonyl (C=O) groups excluding carboxylic acids is 1. The van der Waals surface area contributed by atoms with E-state index in [1.165, 1.54) is 11.1 Å². The van der Waals surface area contributed by atoms with Gasteiger partial charge >= 0.3 is 0 Å². The number of amides is 1. The van der Waals surface area contributed by atoms with Gasteiger partial charge in [0.05, 0.1) is 12.1 Å². The number of rotatable bonds is 3. The van der Waals surface area contributed by atoms with Crippen molar-refractivity contribution >= 4 is 5.91 Å². The summed E-state index contributed by atoms with van der Waals surface area (Å²) in [5.41, 5.74) is 8.58. The van der Waals surface area contributed by atoms with E-state index in [-0.39, 0.29) is 18.0 Å². The topological polar surface area (TPSA) is 55.1 Å². The van der Waals surface area contributed by atoms with Crippen LogP contribution in [0.2, 0.25) is 0 Å². The van der Waals surface area contributed by atoms with Crippen molar-refractivity contribution in [2.75, 3.05) is 0 Å². The lowest BCUT2D eigenvalue weighted by atomic mass is 10.1. The third kappa shape index (κ3) is 2.67. The maximum atomic E-state index is 11.7. The van der Waals surface area contributed by atoms with Gasteiger partial charge < -0.3 is 11.1 Å². The molecule has 2 rings (SSSR count). The van der Waals surface area contributed by atoms with Gasteiger partial charge in [0.2, 0.25) is 5.91 Å². The summed E-state index contributed by atoms with van der Waals surface area (Å²) >= 11 is 0. The summed E-state index contributed by atoms with van der Waals surface area (Å²) in [6.07, 6.45) is 1.42. The fourth-order valence-electron chi connectivity index (χ4n) is 2.40. The van der Waals surface area contributed by atoms with Gasteiger partial charge in [-0.2, -0.15) is 0 Å². The number of nitrogens with one attached hydrogen (secondary N) is 1. The first-order chi connectivity index (χ1) is 8.08. The van der Waals surface area contributed by atoms with Gasteiger partial charge in [0, 0.05) is 6.42 Å². The minimum Gasteiger partial charge on any atom is -0.351 e. The molecule has 1 aromatic rings. The molecule has 3 nitrogen and oxygen atoms in total. The molecule has 92 valence electrons. The zero-order valence-electron chi connectivity index (χ0n) is 10.4. The van der Waals surface area contributed by atoms with Gasteiger partial charge in [0.15, 0.2) is 0 Å². The average Bonchev–Trinajstić information content (AvgIpc) is 2.55. The maximum absolute atomic E-state index is 11.7. The van der Waals surface area contributed by atoms with Gasteiger partial charge in [-0.25, -0.2) is 0 Å². The van der Waals surface area contributed by atoms with Crippen molar-refractivity contribution in [3.05, 3.63) is 35.4 Å². The molecule has 1 aliphatic rings. The molecule has 1 aliphatic carbocycles. The van der Waals surface area contributed by atoms with Crippen LogP contribution in [0, 0.1) is 5.92 Å². The van der Waals surface area contributed by atoms with Crippen molar-refractivity contribution in [1.82, 2.24) is 5.32 Å². The minimum absolute atomic E-state index is 0.0543. The summed E-state index contributed by atoms with van der Waals surface area (Å²) in [5, 5.41) is 3.04. The van der Waals surface area contributed by atoms with E-state index in [1.54, 1.807) is 0 Å². The van der Waals surface area contributed by atoms with Gasteiger partial charge in [-0.05, 0) is 23.5 Å². The normalized spacial score (nSPS) is 22.6. The summed E-state index contributed by atoms with van der Waals surface area (Å²) in [5.74, 6) is 0.489. The molecule has 0 aliphatic heterocycles. The van der Waals surface area contributed by atoms with Crippen LogP contribution in [0.15, 0.2) is 24.3 Å². The standard InChI is InChI=1S/C14H20N2O/c1-9(2)7-13(17)16-12-8-10-5-3-4-6-11(10)14(12)15/h3-6,9,12,14H,7-8,15H2,1-2H3,(H,16,17)/t12-,14-/m0/s1. The first kappa shape index (κ1) is 12.1. The zero-order chi connectivity index (χ0) is 12.4. The molecular weight excluding hydrogens is 212 g/mol. The molecule has 0 bridgehead atoms. The van der Waals surface area contributed by atoms with E-state index >= 15 is 0 Å². The number of fused-ring (bicyclic) bond motifs is 1. The largest absolute Gasteiger partial charge is 0.351 e. The minimum atomic E-state index is -0.0673. The van der Waals surface area contributed by atoms with Crippen molar-refractivity contribution < 1.29 is 4.79 Å². The summed E-state index contributed by atoms with van der Waals surface area (Å²) < 4.78 is 0. The Kier molecular flexibility index (Phi) is 3.48. The highest BCUT2D eigenvalue weighted by atomic mass is 16.1. The summed E-state index contributed by atoms with van der Waals surface area (Å²) in [4.78, 5) is 11.7. The summed E-state index contributed by atoms with van der Waals surface area (Å²) in [6, 6.07) is 8.14. The van der Waals surface area contributed by atoms with Crippen LogP contribution in [0.5, 0.6) is 0 Å². The lowest BCUT2D eigenvalue weighted by Gasteiger charge is -2.18. The predicted molar refractivity (Wildman–Crippen MR) is 68.5 cm³/mol. The molecule has 0 spiro atoms. The predicted octanol–water partition coefficient (Wildman–Crippen LogP) is 1.77. The van der Waals surface area contributed by atoms with Gasteiger partial charge in [-0.3, -0.25) is 4.79 Å². The van der Waals surface area contributed by atoms with Crippen molar-refractivity contribution in [1.29, 1.82) is 0 Å². The van der Waals surface area contributed by atoms with E-state index in [0.717, 1.165) is 6.42 Å². The van der Waals surface area contributed by atoms with Gasteiger partial charge in [-0.1, -0.05) is 38.1 Å². The lowest BCUT2D eigenvalue weighted by molar-refractivity contribution is -0.122. The molecule has 1 aromatic carbocycles. The quantitative estimate of drug-likeness (QED) is 0.834. The van der Waals surface area contributed by atoms with Crippen molar-refractivity contribution in [2.24, 2.45) is 11.7 Å². The van der Waals surface area contributed by atoms with Gasteiger partial charge in [-0.15, -0.1) is 0 Å². The molecule has 0 saturated heterocycles. The number of nitrogens with two attached hydrogens (primary N) is 1. The Bertz CT molecular complexity index is 414. The molecule has 0 heterocycles. The zero-order valence-corrected chi connectivity index (χ0v) is 10.4. The van der Waals surface area contributed by atoms with Crippen molar-refractivity contribution in [2.45, 2.75) is 38.8 Å². The summed E-state index contributed by atoms with van der Waals surface area (Å²) in [6.45, 7) is 4.09. The molecule has 0 saturated carbocycles. The highest BCUT2D eigenvalue weighted by Gasteiger charge is 2.30. The van der Waals surface area contributed by atoms with E-state index in [1.807, 2.05) is 26.0 Å². The Morgan fingerprint density at radius 3 is 2.82 bits per heavy atom. The summed E-state index contributed by atoms with van der Waals surface area (Å²) in [7, 11) is 0. The van der Waals surface area contributed by atoms with Gasteiger partial charge in [0.1, 0.15) is 0 Å². The third-order valence-corrected chi connectivity index (χ3v) is 3.23. The van der Waals surface area contributed by atoms with Crippen LogP contribution in [0.25, 0.3) is 0 Å². The smallest absolute Gasteiger partial charge is 0.220 e. The van der Waals surface area contributed by atoms with Crippen molar-refractivity contribution in [3.8, 4) is 0 Å². The molecule has 3 heteroatoms. The van der Waals surface area contributed by atoms with E-state index in [0.29, 0.717) is 12.3 Å². The lowest BCUT2D eigenvalue weighted by Crippen LogP contribution is -2.40. The highest BCUT2D eigenvalue weighted by molar-refractivity contribution is 5.76. The van der Waals surface area contributed by atoms with Crippen molar-refractivity contribution in [3.63, 3.8) is 0 Å². The Hall–Kier alpha value is -1.35. The SMILES string of the molecule is CC(C)CC(=O)N[C@H]1Cc2ccccc2[C@@H]1N. The molecule has 0 fully saturated rings. The fraction of sp³-hybridized carbons (Fsp3) is 0.500. The molecule has 17 heavy (non-hydrogen) atoms. The first-order valence-corrected chi connectivity index (χ1v) is 6.20. The molecule has 2 atom stereocenters. The van der Waals surface area contributed by atoms with Crippen LogP contribution in [-0.2, 0) is 11.2 Å². The van der Waals surface area contributed by atoms with E-state index in [9.17, 15) is 4.79 Å². The monoisotopic (exact) mass is 232 g/mol. The van der Waals surface area contributed by atoms with Crippen LogP contribution >= 0.6 is 0 Å². The molecule has 3 N–H and O–H groups in total. The van der Waals surface area contributed by atoms with Crippen LogP contribution in [0.3, 0.4) is 0 Å². The van der Waals surface area contributed by atoms with Crippen LogP contribution < -0.4 is 11.1 Å². The Morgan fingerprint density at radius 2 is 2.18 bits per heavy atom. The first-order valence-electron chi connectivity index (χ1n) is 6.20. The van der Waals surface area contributed by atoms with E-state index in [4.69, 9.17) is 5.73 Å². The highest BCUT2D eigenvalue weighted by Crippen LogP contribution is 2.29. The number of benzene rings is 1. The molecule has 1 amide bonds. The molecule has 0 radical (unpaired) electrons. The fourth-order valence-corrected chi connectivity index (χ4v) is 2.40. The molecule has 0 unspecified atom stereocenters.